The number of allylic oxidation sites excluding steroid dienone is 1. The second-order valence-electron chi connectivity index (χ2n) is 3.38. The van der Waals surface area contributed by atoms with E-state index in [-0.39, 0.29) is 0 Å². The summed E-state index contributed by atoms with van der Waals surface area (Å²) in [6.07, 6.45) is 4.31. The van der Waals surface area contributed by atoms with Crippen LogP contribution >= 0.6 is 0 Å². The lowest BCUT2D eigenvalue weighted by Gasteiger charge is -1.99. The van der Waals surface area contributed by atoms with E-state index in [1.165, 1.54) is 5.56 Å². The first-order valence-corrected chi connectivity index (χ1v) is 5.54. The minimum absolute atomic E-state index is 0.599. The van der Waals surface area contributed by atoms with Crippen molar-refractivity contribution < 1.29 is 4.74 Å². The summed E-state index contributed by atoms with van der Waals surface area (Å²) in [5.41, 5.74) is 1.22. The van der Waals surface area contributed by atoms with Crippen molar-refractivity contribution in [2.45, 2.75) is 27.7 Å². The molecule has 0 aliphatic heterocycles. The molecule has 1 aromatic rings. The third-order valence-electron chi connectivity index (χ3n) is 1.79. The fourth-order valence-electron chi connectivity index (χ4n) is 1.02. The number of hydrogen-bond acceptors (Lipinski definition) is 1. The van der Waals surface area contributed by atoms with Gasteiger partial charge in [0.1, 0.15) is 5.75 Å². The molecular weight excluding hydrogens is 184 g/mol. The minimum atomic E-state index is 0.599. The molecule has 0 radical (unpaired) electrons. The molecule has 0 bridgehead atoms. The average Bonchev–Trinajstić information content (AvgIpc) is 2.30. The molecule has 1 heteroatoms. The van der Waals surface area contributed by atoms with Crippen LogP contribution in [0.2, 0.25) is 0 Å². The van der Waals surface area contributed by atoms with Crippen LogP contribution in [0.5, 0.6) is 5.75 Å². The van der Waals surface area contributed by atoms with Crippen LogP contribution in [-0.2, 0) is 0 Å². The Hall–Kier alpha value is -1.24. The summed E-state index contributed by atoms with van der Waals surface area (Å²) in [4.78, 5) is 0. The van der Waals surface area contributed by atoms with Crippen LogP contribution in [-0.4, -0.2) is 7.11 Å². The Morgan fingerprint density at radius 1 is 1.07 bits per heavy atom. The van der Waals surface area contributed by atoms with Crippen LogP contribution in [0.1, 0.15) is 33.3 Å². The first kappa shape index (κ1) is 13.8. The zero-order valence-electron chi connectivity index (χ0n) is 10.4. The highest BCUT2D eigenvalue weighted by Gasteiger charge is 1.90. The van der Waals surface area contributed by atoms with E-state index < -0.39 is 0 Å². The van der Waals surface area contributed by atoms with Gasteiger partial charge in [0.25, 0.3) is 0 Å². The molecule has 0 amide bonds. The summed E-state index contributed by atoms with van der Waals surface area (Å²) in [5.74, 6) is 1.50. The Morgan fingerprint density at radius 3 is 2.00 bits per heavy atom. The zero-order chi connectivity index (χ0) is 11.7. The van der Waals surface area contributed by atoms with Crippen LogP contribution in [0, 0.1) is 5.92 Å². The Morgan fingerprint density at radius 2 is 1.60 bits per heavy atom. The first-order valence-electron chi connectivity index (χ1n) is 5.54. The highest BCUT2D eigenvalue weighted by atomic mass is 16.5. The summed E-state index contributed by atoms with van der Waals surface area (Å²) in [7, 11) is 1.68. The molecule has 0 aliphatic carbocycles. The largest absolute Gasteiger partial charge is 0.497 e. The third kappa shape index (κ3) is 5.95. The number of benzene rings is 1. The van der Waals surface area contributed by atoms with Crippen LogP contribution < -0.4 is 4.74 Å². The van der Waals surface area contributed by atoms with Gasteiger partial charge in [-0.1, -0.05) is 52.0 Å². The Bertz CT molecular complexity index is 270. The van der Waals surface area contributed by atoms with Gasteiger partial charge in [0.2, 0.25) is 0 Å². The van der Waals surface area contributed by atoms with Gasteiger partial charge in [-0.25, -0.2) is 0 Å². The monoisotopic (exact) mass is 206 g/mol. The van der Waals surface area contributed by atoms with Crippen LogP contribution in [0.4, 0.5) is 0 Å². The van der Waals surface area contributed by atoms with Crippen molar-refractivity contribution in [2.75, 3.05) is 7.11 Å². The predicted molar refractivity (Wildman–Crippen MR) is 68.2 cm³/mol. The van der Waals surface area contributed by atoms with E-state index in [0.717, 1.165) is 5.75 Å². The fourth-order valence-corrected chi connectivity index (χ4v) is 1.02. The van der Waals surface area contributed by atoms with E-state index in [2.05, 4.69) is 38.1 Å². The Balaban J connectivity index is 0.000000921. The average molecular weight is 206 g/mol. The van der Waals surface area contributed by atoms with E-state index >= 15 is 0 Å². The second kappa shape index (κ2) is 8.10. The van der Waals surface area contributed by atoms with Crippen molar-refractivity contribution >= 4 is 6.08 Å². The van der Waals surface area contributed by atoms with E-state index in [9.17, 15) is 0 Å². The van der Waals surface area contributed by atoms with E-state index in [1.807, 2.05) is 26.0 Å². The maximum atomic E-state index is 5.07. The van der Waals surface area contributed by atoms with Crippen LogP contribution in [0.3, 0.4) is 0 Å². The molecule has 0 saturated carbocycles. The van der Waals surface area contributed by atoms with Gasteiger partial charge in [-0.2, -0.15) is 0 Å². The van der Waals surface area contributed by atoms with Crippen molar-refractivity contribution in [1.82, 2.24) is 0 Å². The molecular formula is C14H22O. The van der Waals surface area contributed by atoms with E-state index in [0.29, 0.717) is 5.92 Å². The van der Waals surface area contributed by atoms with Gasteiger partial charge in [-0.15, -0.1) is 0 Å². The number of hydrogen-bond donors (Lipinski definition) is 0. The smallest absolute Gasteiger partial charge is 0.118 e. The SMILES string of the molecule is CC.COc1ccc(/C=C/C(C)C)cc1. The number of ether oxygens (including phenoxy) is 1. The molecule has 0 saturated heterocycles. The third-order valence-corrected chi connectivity index (χ3v) is 1.79. The van der Waals surface area contributed by atoms with E-state index in [4.69, 9.17) is 4.74 Å². The molecule has 1 aromatic carbocycles. The van der Waals surface area contributed by atoms with Crippen molar-refractivity contribution in [2.24, 2.45) is 5.92 Å². The molecule has 1 rings (SSSR count). The van der Waals surface area contributed by atoms with Crippen LogP contribution in [0.15, 0.2) is 30.3 Å². The van der Waals surface area contributed by atoms with Crippen molar-refractivity contribution in [3.8, 4) is 5.75 Å². The predicted octanol–water partition coefficient (Wildman–Crippen LogP) is 4.39. The van der Waals surface area contributed by atoms with Crippen molar-refractivity contribution in [1.29, 1.82) is 0 Å². The fraction of sp³-hybridized carbons (Fsp3) is 0.429. The molecule has 0 fully saturated rings. The van der Waals surface area contributed by atoms with E-state index in [1.54, 1.807) is 7.11 Å². The van der Waals surface area contributed by atoms with Gasteiger partial charge in [0.15, 0.2) is 0 Å². The van der Waals surface area contributed by atoms with Crippen LogP contribution in [0.25, 0.3) is 6.08 Å². The number of rotatable bonds is 3. The summed E-state index contributed by atoms with van der Waals surface area (Å²) < 4.78 is 5.07. The molecule has 84 valence electrons. The number of methoxy groups -OCH3 is 1. The molecule has 15 heavy (non-hydrogen) atoms. The molecule has 0 aromatic heterocycles. The molecule has 0 spiro atoms. The summed E-state index contributed by atoms with van der Waals surface area (Å²) in [6, 6.07) is 8.05. The van der Waals surface area contributed by atoms with Gasteiger partial charge in [-0.3, -0.25) is 0 Å². The molecule has 1 nitrogen and oxygen atoms in total. The van der Waals surface area contributed by atoms with Gasteiger partial charge in [0.05, 0.1) is 7.11 Å². The maximum absolute atomic E-state index is 5.07. The van der Waals surface area contributed by atoms with Gasteiger partial charge < -0.3 is 4.74 Å². The topological polar surface area (TPSA) is 9.23 Å². The normalized spacial score (nSPS) is 10.0. The van der Waals surface area contributed by atoms with Crippen molar-refractivity contribution in [3.63, 3.8) is 0 Å². The first-order chi connectivity index (χ1) is 7.22. The molecule has 0 unspecified atom stereocenters. The molecule has 0 N–H and O–H groups in total. The molecule has 0 aliphatic rings. The Kier molecular flexibility index (Phi) is 7.43. The maximum Gasteiger partial charge on any atom is 0.118 e. The highest BCUT2D eigenvalue weighted by molar-refractivity contribution is 5.50. The minimum Gasteiger partial charge on any atom is -0.497 e. The molecule has 0 atom stereocenters. The summed E-state index contributed by atoms with van der Waals surface area (Å²) in [6.45, 7) is 8.33. The second-order valence-corrected chi connectivity index (χ2v) is 3.38. The Labute approximate surface area is 93.8 Å². The molecule has 0 heterocycles. The van der Waals surface area contributed by atoms with Gasteiger partial charge in [0, 0.05) is 0 Å². The zero-order valence-corrected chi connectivity index (χ0v) is 10.4. The quantitative estimate of drug-likeness (QED) is 0.712. The highest BCUT2D eigenvalue weighted by Crippen LogP contribution is 2.12. The lowest BCUT2D eigenvalue weighted by atomic mass is 10.1. The standard InChI is InChI=1S/C12H16O.C2H6/c1-10(2)4-5-11-6-8-12(13-3)9-7-11;1-2/h4-10H,1-3H3;1-2H3/b5-4+;. The van der Waals surface area contributed by atoms with Crippen molar-refractivity contribution in [3.05, 3.63) is 35.9 Å². The summed E-state index contributed by atoms with van der Waals surface area (Å²) >= 11 is 0. The van der Waals surface area contributed by atoms with Gasteiger partial charge >= 0.3 is 0 Å². The van der Waals surface area contributed by atoms with Gasteiger partial charge in [-0.05, 0) is 23.6 Å². The summed E-state index contributed by atoms with van der Waals surface area (Å²) in [5, 5.41) is 0. The lowest BCUT2D eigenvalue weighted by Crippen LogP contribution is -1.82. The lowest BCUT2D eigenvalue weighted by molar-refractivity contribution is 0.415.